The predicted octanol–water partition coefficient (Wildman–Crippen LogP) is 4.28. The van der Waals surface area contributed by atoms with Gasteiger partial charge in [-0.05, 0) is 13.8 Å². The van der Waals surface area contributed by atoms with Crippen LogP contribution in [0, 0.1) is 0 Å². The molecule has 0 saturated carbocycles. The minimum absolute atomic E-state index is 0.250. The van der Waals surface area contributed by atoms with Gasteiger partial charge in [0.2, 0.25) is 13.9 Å². The summed E-state index contributed by atoms with van der Waals surface area (Å²) in [4.78, 5) is 0. The van der Waals surface area contributed by atoms with Gasteiger partial charge in [-0.25, -0.2) is 22.0 Å². The number of ether oxygens (including phenoxy) is 1. The van der Waals surface area contributed by atoms with Gasteiger partial charge in [-0.1, -0.05) is 0 Å². The molecule has 0 aliphatic heterocycles. The molecule has 0 bridgehead atoms. The highest BCUT2D eigenvalue weighted by molar-refractivity contribution is 3.99. The first-order valence-electron chi connectivity index (χ1n) is 3.97. The fourth-order valence-electron chi connectivity index (χ4n) is 0.0772. The van der Waals surface area contributed by atoms with Crippen LogP contribution >= 0.6 is 0 Å². The third kappa shape index (κ3) is 969. The second-order valence-corrected chi connectivity index (χ2v) is 1.07. The fourth-order valence-corrected chi connectivity index (χ4v) is 0.0772. The minimum atomic E-state index is -1.75. The Bertz CT molecular complexity index is 44.6. The summed E-state index contributed by atoms with van der Waals surface area (Å²) in [6, 6.07) is 0. The molecule has 0 rings (SSSR count). The van der Waals surface area contributed by atoms with Crippen LogP contribution in [0.15, 0.2) is 0 Å². The molecule has 0 aliphatic carbocycles. The van der Waals surface area contributed by atoms with Crippen LogP contribution in [0.25, 0.3) is 0 Å². The van der Waals surface area contributed by atoms with Crippen molar-refractivity contribution in [2.75, 3.05) is 41.2 Å². The lowest BCUT2D eigenvalue weighted by Gasteiger charge is -1.83. The number of alkyl halides is 7. The molecule has 0 unspecified atom stereocenters. The first-order valence-corrected chi connectivity index (χ1v) is 3.97. The van der Waals surface area contributed by atoms with Gasteiger partial charge in [0.25, 0.3) is 0 Å². The fraction of sp³-hybridized carbons (Fsp3) is 1.00. The summed E-state index contributed by atoms with van der Waals surface area (Å²) in [5.74, 6) is 0. The summed E-state index contributed by atoms with van der Waals surface area (Å²) in [6.07, 6.45) is 0. The summed E-state index contributed by atoms with van der Waals surface area (Å²) in [7, 11) is 0.500. The topological polar surface area (TPSA) is 9.23 Å². The first kappa shape index (κ1) is 29.5. The molecule has 0 amide bonds. The van der Waals surface area contributed by atoms with Gasteiger partial charge in [0.1, 0.15) is 0 Å². The summed E-state index contributed by atoms with van der Waals surface area (Å²) < 4.78 is 73.2. The van der Waals surface area contributed by atoms with E-state index in [1.165, 1.54) is 6.92 Å². The first-order chi connectivity index (χ1) is 7.66. The van der Waals surface area contributed by atoms with Crippen molar-refractivity contribution in [2.24, 2.45) is 0 Å². The molecule has 0 aromatic carbocycles. The van der Waals surface area contributed by atoms with E-state index in [0.717, 1.165) is 0 Å². The van der Waals surface area contributed by atoms with E-state index >= 15 is 0 Å². The zero-order chi connectivity index (χ0) is 14.2. The van der Waals surface area contributed by atoms with Crippen LogP contribution in [0.3, 0.4) is 0 Å². The van der Waals surface area contributed by atoms with Crippen LogP contribution < -0.4 is 0 Å². The Balaban J connectivity index is -0.0000000329. The Kier molecular flexibility index (Phi) is 162. The molecule has 0 fully saturated rings. The van der Waals surface area contributed by atoms with Gasteiger partial charge in [-0.3, -0.25) is 8.78 Å². The molecule has 0 heterocycles. The zero-order valence-corrected chi connectivity index (χ0v) is 9.59. The molecule has 0 saturated heterocycles. The van der Waals surface area contributed by atoms with Crippen LogP contribution in [0.4, 0.5) is 30.7 Å². The van der Waals surface area contributed by atoms with E-state index in [1.54, 1.807) is 6.92 Å². The summed E-state index contributed by atoms with van der Waals surface area (Å²) in [5.41, 5.74) is 0. The Morgan fingerprint density at radius 2 is 0.938 bits per heavy atom. The van der Waals surface area contributed by atoms with Crippen LogP contribution in [-0.4, -0.2) is 41.2 Å². The van der Waals surface area contributed by atoms with E-state index in [2.05, 4.69) is 4.74 Å². The summed E-state index contributed by atoms with van der Waals surface area (Å²) in [5, 5.41) is 0. The highest BCUT2D eigenvalue weighted by atomic mass is 19.3. The Labute approximate surface area is 91.6 Å². The maximum atomic E-state index is 10.8. The van der Waals surface area contributed by atoms with Gasteiger partial charge in [-0.2, -0.15) is 0 Å². The number of rotatable bonds is 2. The minimum Gasteiger partial charge on any atom is -0.351 e. The predicted molar refractivity (Wildman–Crippen MR) is 50.4 cm³/mol. The van der Waals surface area contributed by atoms with Gasteiger partial charge in [0.15, 0.2) is 6.86 Å². The van der Waals surface area contributed by atoms with Gasteiger partial charge in [0, 0.05) is 6.61 Å². The van der Waals surface area contributed by atoms with Crippen molar-refractivity contribution in [3.63, 3.8) is 0 Å². The van der Waals surface area contributed by atoms with Crippen LogP contribution in [0.2, 0.25) is 0 Å². The number of hydrogen-bond donors (Lipinski definition) is 0. The van der Waals surface area contributed by atoms with Crippen molar-refractivity contribution in [2.45, 2.75) is 13.8 Å². The molecule has 0 radical (unpaired) electrons. The maximum Gasteiger partial charge on any atom is 0.229 e. The van der Waals surface area contributed by atoms with Gasteiger partial charge in [-0.15, -0.1) is 0 Å². The summed E-state index contributed by atoms with van der Waals surface area (Å²) in [6.45, 7) is -0.730. The van der Waals surface area contributed by atoms with Crippen molar-refractivity contribution < 1.29 is 35.5 Å². The van der Waals surface area contributed by atoms with E-state index in [-0.39, 0.29) is 6.67 Å². The molecule has 0 atom stereocenters. The molecule has 0 aromatic heterocycles. The normalized spacial score (nSPS) is 6.38. The third-order valence-corrected chi connectivity index (χ3v) is 0.281. The standard InChI is InChI=1S/C3H7FO.C2H5F.2CH2F2.CH3F/c1-2-5-3-4;1-2-3;2*2-1-3;1-2/h2-3H2,1H3;2H2,1H3;2*1H2;1H3. The van der Waals surface area contributed by atoms with E-state index in [1.807, 2.05) is 0 Å². The smallest absolute Gasteiger partial charge is 0.229 e. The average molecular weight is 264 g/mol. The monoisotopic (exact) mass is 264 g/mol. The quantitative estimate of drug-likeness (QED) is 0.676. The molecular formula is C8H19F7O. The SMILES string of the molecule is CCF.CCOCF.CF.FCF.FCF. The molecule has 16 heavy (non-hydrogen) atoms. The second kappa shape index (κ2) is 87.7. The van der Waals surface area contributed by atoms with Gasteiger partial charge < -0.3 is 4.74 Å². The molecule has 0 spiro atoms. The van der Waals surface area contributed by atoms with Gasteiger partial charge >= 0.3 is 0 Å². The van der Waals surface area contributed by atoms with Crippen molar-refractivity contribution in [1.29, 1.82) is 0 Å². The molecular weight excluding hydrogens is 245 g/mol. The lowest BCUT2D eigenvalue weighted by molar-refractivity contribution is 0.0672. The van der Waals surface area contributed by atoms with E-state index < -0.39 is 20.7 Å². The molecule has 0 aromatic rings. The van der Waals surface area contributed by atoms with Crippen molar-refractivity contribution in [3.8, 4) is 0 Å². The average Bonchev–Trinajstić information content (AvgIpc) is 2.25. The van der Waals surface area contributed by atoms with Crippen molar-refractivity contribution >= 4 is 0 Å². The Morgan fingerprint density at radius 1 is 0.750 bits per heavy atom. The highest BCUT2D eigenvalue weighted by Crippen LogP contribution is 1.68. The van der Waals surface area contributed by atoms with Crippen LogP contribution in [0.5, 0.6) is 0 Å². The number of halogens is 7. The molecule has 0 aliphatic rings. The van der Waals surface area contributed by atoms with Crippen molar-refractivity contribution in [3.05, 3.63) is 0 Å². The van der Waals surface area contributed by atoms with Crippen LogP contribution in [0.1, 0.15) is 13.8 Å². The Hall–Kier alpha value is -0.530. The third-order valence-electron chi connectivity index (χ3n) is 0.281. The lowest BCUT2D eigenvalue weighted by Crippen LogP contribution is -1.82. The van der Waals surface area contributed by atoms with Crippen molar-refractivity contribution in [1.82, 2.24) is 0 Å². The molecule has 0 N–H and O–H groups in total. The highest BCUT2D eigenvalue weighted by Gasteiger charge is 1.67. The Morgan fingerprint density at radius 3 is 0.938 bits per heavy atom. The lowest BCUT2D eigenvalue weighted by atomic mass is 10.9. The summed E-state index contributed by atoms with van der Waals surface area (Å²) >= 11 is 0. The largest absolute Gasteiger partial charge is 0.351 e. The van der Waals surface area contributed by atoms with Gasteiger partial charge in [0.05, 0.1) is 13.9 Å². The van der Waals surface area contributed by atoms with Crippen LogP contribution in [-0.2, 0) is 4.74 Å². The molecule has 1 nitrogen and oxygen atoms in total. The van der Waals surface area contributed by atoms with E-state index in [4.69, 9.17) is 0 Å². The van der Waals surface area contributed by atoms with E-state index in [9.17, 15) is 30.7 Å². The maximum absolute atomic E-state index is 10.8. The zero-order valence-electron chi connectivity index (χ0n) is 9.59. The molecule has 106 valence electrons. The van der Waals surface area contributed by atoms with E-state index in [0.29, 0.717) is 13.8 Å². The number of hydrogen-bond acceptors (Lipinski definition) is 1. The second-order valence-electron chi connectivity index (χ2n) is 1.07. The molecule has 8 heteroatoms.